The number of aliphatic hydroxyl groups is 1. The third-order valence-electron chi connectivity index (χ3n) is 4.89. The van der Waals surface area contributed by atoms with E-state index in [0.717, 1.165) is 12.0 Å². The fourth-order valence-electron chi connectivity index (χ4n) is 2.75. The lowest BCUT2D eigenvalue weighted by atomic mass is 10.0. The van der Waals surface area contributed by atoms with Crippen LogP contribution in [0.25, 0.3) is 0 Å². The predicted octanol–water partition coefficient (Wildman–Crippen LogP) is 7.61. The number of rotatable bonds is 9. The summed E-state index contributed by atoms with van der Waals surface area (Å²) in [4.78, 5) is 0.214. The maximum Gasteiger partial charge on any atom is 0.296 e. The van der Waals surface area contributed by atoms with E-state index in [1.165, 1.54) is 11.1 Å². The van der Waals surface area contributed by atoms with Gasteiger partial charge in [-0.2, -0.15) is 31.1 Å². The minimum Gasteiger partial charge on any atom is -0.396 e. The zero-order chi connectivity index (χ0) is 24.7. The molecule has 1 aromatic carbocycles. The molecule has 184 valence electrons. The highest BCUT2D eigenvalue weighted by molar-refractivity contribution is 7.86. The van der Waals surface area contributed by atoms with Gasteiger partial charge in [-0.1, -0.05) is 31.5 Å². The Bertz CT molecular complexity index is 958. The Kier molecular flexibility index (Phi) is 15.2. The maximum absolute atomic E-state index is 12.0. The SMILES string of the molecule is CC(CCO)c1ccsc1.Cc1ccc(S(=O)(=O)OCCC(C)c2ccsc2)cc1.ClCCl. The van der Waals surface area contributed by atoms with Crippen molar-refractivity contribution in [3.63, 3.8) is 0 Å². The smallest absolute Gasteiger partial charge is 0.296 e. The van der Waals surface area contributed by atoms with Gasteiger partial charge in [0.1, 0.15) is 0 Å². The van der Waals surface area contributed by atoms with Crippen LogP contribution in [0.1, 0.15) is 55.2 Å². The molecule has 3 rings (SSSR count). The van der Waals surface area contributed by atoms with Crippen molar-refractivity contribution in [1.82, 2.24) is 0 Å². The van der Waals surface area contributed by atoms with Crippen LogP contribution >= 0.6 is 45.9 Å². The fourth-order valence-corrected chi connectivity index (χ4v) is 5.23. The molecule has 0 aliphatic heterocycles. The highest BCUT2D eigenvalue weighted by Crippen LogP contribution is 2.22. The summed E-state index contributed by atoms with van der Waals surface area (Å²) in [6.45, 7) is 6.62. The summed E-state index contributed by atoms with van der Waals surface area (Å²) in [5, 5.41) is 17.2. The van der Waals surface area contributed by atoms with E-state index in [4.69, 9.17) is 32.5 Å². The molecular weight excluding hydrogens is 519 g/mol. The minimum absolute atomic E-state index is 0.194. The molecular formula is C24H32Cl2O4S3. The van der Waals surface area contributed by atoms with Crippen molar-refractivity contribution in [2.45, 2.75) is 50.3 Å². The number of aryl methyl sites for hydroxylation is 1. The lowest BCUT2D eigenvalue weighted by Crippen LogP contribution is -2.09. The summed E-state index contributed by atoms with van der Waals surface area (Å²) in [6.07, 6.45) is 1.55. The van der Waals surface area contributed by atoms with Crippen molar-refractivity contribution in [1.29, 1.82) is 0 Å². The minimum atomic E-state index is -3.64. The van der Waals surface area contributed by atoms with E-state index < -0.39 is 10.1 Å². The van der Waals surface area contributed by atoms with Gasteiger partial charge in [-0.25, -0.2) is 0 Å². The first kappa shape index (κ1) is 30.1. The molecule has 0 saturated heterocycles. The Morgan fingerprint density at radius 3 is 1.82 bits per heavy atom. The number of hydrogen-bond acceptors (Lipinski definition) is 6. The van der Waals surface area contributed by atoms with Crippen molar-refractivity contribution in [2.24, 2.45) is 0 Å². The van der Waals surface area contributed by atoms with E-state index in [1.807, 2.05) is 12.3 Å². The van der Waals surface area contributed by atoms with Crippen LogP contribution < -0.4 is 0 Å². The van der Waals surface area contributed by atoms with E-state index >= 15 is 0 Å². The molecule has 33 heavy (non-hydrogen) atoms. The van der Waals surface area contributed by atoms with E-state index in [9.17, 15) is 8.42 Å². The zero-order valence-electron chi connectivity index (χ0n) is 19.1. The van der Waals surface area contributed by atoms with Crippen LogP contribution in [0.4, 0.5) is 0 Å². The van der Waals surface area contributed by atoms with Gasteiger partial charge in [0.05, 0.1) is 16.8 Å². The van der Waals surface area contributed by atoms with Crippen molar-refractivity contribution in [3.05, 3.63) is 74.6 Å². The molecule has 0 bridgehead atoms. The highest BCUT2D eigenvalue weighted by atomic mass is 35.5. The van der Waals surface area contributed by atoms with Crippen molar-refractivity contribution in [2.75, 3.05) is 18.6 Å². The van der Waals surface area contributed by atoms with Crippen LogP contribution in [0.15, 0.2) is 62.8 Å². The summed E-state index contributed by atoms with van der Waals surface area (Å²) in [7, 11) is -3.64. The van der Waals surface area contributed by atoms with Gasteiger partial charge >= 0.3 is 0 Å². The molecule has 3 aromatic rings. The summed E-state index contributed by atoms with van der Waals surface area (Å²) in [6, 6.07) is 10.9. The standard InChI is InChI=1S/C15H18O3S2.C8H12OS.CH2Cl2/c1-12-3-5-15(6-4-12)20(16,17)18-9-7-13(2)14-8-10-19-11-14;1-7(2-4-9)8-3-5-10-6-8;2-1-3/h3-6,8,10-11,13H,7,9H2,1-2H3;3,5-7,9H,2,4H2,1H3;1H2. The Morgan fingerprint density at radius 1 is 0.909 bits per heavy atom. The zero-order valence-corrected chi connectivity index (χ0v) is 23.1. The second kappa shape index (κ2) is 16.7. The number of thiophene rings is 2. The number of alkyl halides is 2. The average molecular weight is 552 g/mol. The van der Waals surface area contributed by atoms with Gasteiger partial charge in [0.25, 0.3) is 10.1 Å². The molecule has 0 fully saturated rings. The van der Waals surface area contributed by atoms with Crippen molar-refractivity contribution >= 4 is 56.0 Å². The summed E-state index contributed by atoms with van der Waals surface area (Å²) >= 11 is 12.9. The molecule has 0 spiro atoms. The molecule has 0 saturated carbocycles. The monoisotopic (exact) mass is 550 g/mol. The van der Waals surface area contributed by atoms with Crippen LogP contribution in [-0.4, -0.2) is 32.1 Å². The number of benzene rings is 1. The van der Waals surface area contributed by atoms with Crippen LogP contribution in [0.5, 0.6) is 0 Å². The lowest BCUT2D eigenvalue weighted by molar-refractivity contribution is 0.279. The summed E-state index contributed by atoms with van der Waals surface area (Å²) in [5.41, 5.74) is 3.60. The Morgan fingerprint density at radius 2 is 1.39 bits per heavy atom. The molecule has 0 radical (unpaired) electrons. The number of hydrogen-bond donors (Lipinski definition) is 1. The summed E-state index contributed by atoms with van der Waals surface area (Å²) < 4.78 is 29.1. The Labute approximate surface area is 216 Å². The third kappa shape index (κ3) is 11.9. The van der Waals surface area contributed by atoms with Gasteiger partial charge in [-0.3, -0.25) is 4.18 Å². The van der Waals surface area contributed by atoms with E-state index in [-0.39, 0.29) is 23.4 Å². The molecule has 0 aliphatic carbocycles. The molecule has 4 nitrogen and oxygen atoms in total. The molecule has 0 aliphatic rings. The van der Waals surface area contributed by atoms with Gasteiger partial charge in [-0.05, 0) is 88.5 Å². The second-order valence-electron chi connectivity index (χ2n) is 7.41. The molecule has 9 heteroatoms. The van der Waals surface area contributed by atoms with E-state index in [2.05, 4.69) is 42.1 Å². The lowest BCUT2D eigenvalue weighted by Gasteiger charge is -2.10. The van der Waals surface area contributed by atoms with Gasteiger partial charge in [0.15, 0.2) is 0 Å². The molecule has 0 amide bonds. The van der Waals surface area contributed by atoms with Gasteiger partial charge in [0.2, 0.25) is 0 Å². The van der Waals surface area contributed by atoms with Crippen LogP contribution in [0, 0.1) is 6.92 Å². The first-order valence-corrected chi connectivity index (χ1v) is 14.8. The molecule has 2 heterocycles. The van der Waals surface area contributed by atoms with Crippen LogP contribution in [0.3, 0.4) is 0 Å². The van der Waals surface area contributed by atoms with Crippen LogP contribution in [0.2, 0.25) is 0 Å². The van der Waals surface area contributed by atoms with Crippen molar-refractivity contribution < 1.29 is 17.7 Å². The van der Waals surface area contributed by atoms with Gasteiger partial charge in [0, 0.05) is 6.61 Å². The first-order valence-electron chi connectivity index (χ1n) is 10.5. The van der Waals surface area contributed by atoms with Crippen LogP contribution in [-0.2, 0) is 14.3 Å². The third-order valence-corrected chi connectivity index (χ3v) is 7.61. The van der Waals surface area contributed by atoms with E-state index in [1.54, 1.807) is 46.9 Å². The highest BCUT2D eigenvalue weighted by Gasteiger charge is 2.15. The normalized spacial score (nSPS) is 12.7. The quantitative estimate of drug-likeness (QED) is 0.220. The first-order chi connectivity index (χ1) is 15.7. The van der Waals surface area contributed by atoms with E-state index in [0.29, 0.717) is 18.3 Å². The second-order valence-corrected chi connectivity index (χ2v) is 11.4. The van der Waals surface area contributed by atoms with Gasteiger partial charge in [-0.15, -0.1) is 23.2 Å². The fraction of sp³-hybridized carbons (Fsp3) is 0.417. The molecule has 2 unspecified atom stereocenters. The molecule has 2 atom stereocenters. The largest absolute Gasteiger partial charge is 0.396 e. The number of halogens is 2. The number of aliphatic hydroxyl groups excluding tert-OH is 1. The Balaban J connectivity index is 0.000000349. The average Bonchev–Trinajstić information content (AvgIpc) is 3.50. The molecule has 1 N–H and O–H groups in total. The Hall–Kier alpha value is -0.930. The summed E-state index contributed by atoms with van der Waals surface area (Å²) in [5.74, 6) is 0.811. The molecule has 2 aromatic heterocycles. The predicted molar refractivity (Wildman–Crippen MR) is 143 cm³/mol. The maximum atomic E-state index is 12.0. The van der Waals surface area contributed by atoms with Gasteiger partial charge < -0.3 is 5.11 Å². The van der Waals surface area contributed by atoms with Crippen molar-refractivity contribution in [3.8, 4) is 0 Å². The topological polar surface area (TPSA) is 63.6 Å².